The van der Waals surface area contributed by atoms with Crippen molar-refractivity contribution in [2.24, 2.45) is 15.9 Å². The molecule has 6 aliphatic rings. The van der Waals surface area contributed by atoms with E-state index in [1.807, 2.05) is 6.20 Å². The highest BCUT2D eigenvalue weighted by Gasteiger charge is 2.46. The minimum Gasteiger partial charge on any atom is -0.367 e. The average Bonchev–Trinajstić information content (AvgIpc) is 3.45. The Morgan fingerprint density at radius 3 is 2.87 bits per heavy atom. The molecule has 1 saturated heterocycles. The van der Waals surface area contributed by atoms with Crippen LogP contribution in [-0.2, 0) is 0 Å². The highest BCUT2D eigenvalue weighted by Crippen LogP contribution is 2.52. The molecule has 0 radical (unpaired) electrons. The van der Waals surface area contributed by atoms with Gasteiger partial charge in [0.15, 0.2) is 0 Å². The number of hydrogen-bond acceptors (Lipinski definition) is 4. The number of likely N-dealkylation sites (N-methyl/N-ethyl adjacent to an activating group) is 2. The number of anilines is 1. The molecular weight excluding hydrogens is 476 g/mol. The monoisotopic (exact) mass is 518 g/mol. The molecule has 0 amide bonds. The molecule has 39 heavy (non-hydrogen) atoms. The van der Waals surface area contributed by atoms with Crippen molar-refractivity contribution < 1.29 is 0 Å². The smallest absolute Gasteiger partial charge is 0.126 e. The van der Waals surface area contributed by atoms with Crippen LogP contribution >= 0.6 is 0 Å². The van der Waals surface area contributed by atoms with Gasteiger partial charge in [-0.25, -0.2) is 0 Å². The van der Waals surface area contributed by atoms with E-state index in [2.05, 4.69) is 96.4 Å². The Labute approximate surface area is 234 Å². The number of fused-ring (bicyclic) bond motifs is 4. The van der Waals surface area contributed by atoms with E-state index in [4.69, 9.17) is 4.99 Å². The summed E-state index contributed by atoms with van der Waals surface area (Å²) in [4.78, 5) is 15.4. The predicted octanol–water partition coefficient (Wildman–Crippen LogP) is 7.14. The van der Waals surface area contributed by atoms with E-state index in [0.717, 1.165) is 38.8 Å². The summed E-state index contributed by atoms with van der Waals surface area (Å²) in [5.74, 6) is 1.64. The fourth-order valence-corrected chi connectivity index (χ4v) is 8.05. The number of hydrogen-bond donors (Lipinski definition) is 0. The Morgan fingerprint density at radius 2 is 2.00 bits per heavy atom. The number of aliphatic imine (C=N–C) groups is 2. The van der Waals surface area contributed by atoms with Gasteiger partial charge < -0.3 is 9.80 Å². The van der Waals surface area contributed by atoms with Crippen LogP contribution in [0.5, 0.6) is 0 Å². The molecule has 4 heteroatoms. The van der Waals surface area contributed by atoms with Crippen LogP contribution in [-0.4, -0.2) is 54.6 Å². The van der Waals surface area contributed by atoms with Crippen molar-refractivity contribution in [2.75, 3.05) is 31.1 Å². The third kappa shape index (κ3) is 4.06. The van der Waals surface area contributed by atoms with Crippen LogP contribution < -0.4 is 4.90 Å². The molecule has 1 spiro atoms. The Hall–Kier alpha value is -2.98. The van der Waals surface area contributed by atoms with Crippen molar-refractivity contribution in [2.45, 2.75) is 76.3 Å². The molecule has 1 aromatic rings. The van der Waals surface area contributed by atoms with Crippen LogP contribution in [0.15, 0.2) is 87.6 Å². The van der Waals surface area contributed by atoms with Crippen LogP contribution in [0.4, 0.5) is 5.69 Å². The molecular formula is C35H42N4. The highest BCUT2D eigenvalue weighted by molar-refractivity contribution is 6.07. The summed E-state index contributed by atoms with van der Waals surface area (Å²) >= 11 is 0. The summed E-state index contributed by atoms with van der Waals surface area (Å²) in [6.45, 7) is 11.6. The summed E-state index contributed by atoms with van der Waals surface area (Å²) in [5.41, 5.74) is 9.62. The maximum Gasteiger partial charge on any atom is 0.126 e. The van der Waals surface area contributed by atoms with Crippen molar-refractivity contribution in [1.82, 2.24) is 4.90 Å². The van der Waals surface area contributed by atoms with Crippen molar-refractivity contribution in [3.63, 3.8) is 0 Å². The van der Waals surface area contributed by atoms with E-state index in [1.54, 1.807) is 5.56 Å². The normalized spacial score (nSPS) is 34.9. The number of benzene rings is 1. The van der Waals surface area contributed by atoms with Crippen molar-refractivity contribution in [1.29, 1.82) is 0 Å². The number of nitrogens with zero attached hydrogens (tertiary/aromatic N) is 4. The third-order valence-electron chi connectivity index (χ3n) is 10.2. The van der Waals surface area contributed by atoms with Crippen LogP contribution in [0, 0.1) is 5.92 Å². The lowest BCUT2D eigenvalue weighted by atomic mass is 9.69. The lowest BCUT2D eigenvalue weighted by Gasteiger charge is -2.38. The lowest BCUT2D eigenvalue weighted by molar-refractivity contribution is 0.202. The first kappa shape index (κ1) is 25.0. The first-order valence-electron chi connectivity index (χ1n) is 15.3. The summed E-state index contributed by atoms with van der Waals surface area (Å²) < 4.78 is 0. The minimum absolute atomic E-state index is 0.324. The van der Waals surface area contributed by atoms with Crippen molar-refractivity contribution in [3.8, 4) is 0 Å². The van der Waals surface area contributed by atoms with Gasteiger partial charge in [-0.3, -0.25) is 9.98 Å². The molecule has 0 saturated carbocycles. The first-order valence-corrected chi connectivity index (χ1v) is 15.3. The maximum atomic E-state index is 5.49. The Kier molecular flexibility index (Phi) is 6.34. The standard InChI is InChI=1S/C35H42N4/c1-4-38-19-15-28-30-21-25(10-12-33(30)39(5-2)34(28)23-38)26-20-27-8-6-7-16-35(27)31(22-26)29-14-18-36-17-13-24(3)9-11-32(29)37-35/h6-8,10,12,14,16-18,20-21,24,26,28,34H,4-5,9,11,13,15,19,22-23H2,1-3H3/b18-14-,36-17+. The molecule has 0 N–H and O–H groups in total. The number of piperidine rings is 1. The summed E-state index contributed by atoms with van der Waals surface area (Å²) in [5, 5.41) is 0. The molecule has 4 aliphatic heterocycles. The van der Waals surface area contributed by atoms with E-state index in [0.29, 0.717) is 23.8 Å². The average molecular weight is 519 g/mol. The number of allylic oxidation sites excluding steroid dienone is 5. The SMILES string of the molecule is CCN1CCC2c3cc(C4C=C5C=CC=CC56N=C5CCC(C)C/C=N/C=C\C5=C6C4)ccc3N(CC)C2C1. The molecule has 1 fully saturated rings. The second-order valence-electron chi connectivity index (χ2n) is 12.4. The molecule has 4 nitrogen and oxygen atoms in total. The van der Waals surface area contributed by atoms with Gasteiger partial charge >= 0.3 is 0 Å². The zero-order valence-corrected chi connectivity index (χ0v) is 23.8. The van der Waals surface area contributed by atoms with E-state index >= 15 is 0 Å². The second kappa shape index (κ2) is 9.89. The van der Waals surface area contributed by atoms with Crippen LogP contribution in [0.3, 0.4) is 0 Å². The summed E-state index contributed by atoms with van der Waals surface area (Å²) in [6.07, 6.45) is 23.4. The van der Waals surface area contributed by atoms with Gasteiger partial charge in [0.25, 0.3) is 0 Å². The van der Waals surface area contributed by atoms with Crippen molar-refractivity contribution in [3.05, 3.63) is 88.7 Å². The molecule has 5 atom stereocenters. The maximum absolute atomic E-state index is 5.49. The molecule has 5 unspecified atom stereocenters. The van der Waals surface area contributed by atoms with Gasteiger partial charge in [-0.05, 0) is 104 Å². The van der Waals surface area contributed by atoms with Gasteiger partial charge in [0, 0.05) is 54.8 Å². The zero-order valence-electron chi connectivity index (χ0n) is 23.8. The van der Waals surface area contributed by atoms with Gasteiger partial charge in [0.2, 0.25) is 0 Å². The summed E-state index contributed by atoms with van der Waals surface area (Å²) in [7, 11) is 0. The quantitative estimate of drug-likeness (QED) is 0.426. The van der Waals surface area contributed by atoms with Gasteiger partial charge in [0.05, 0.1) is 0 Å². The highest BCUT2D eigenvalue weighted by atomic mass is 15.3. The van der Waals surface area contributed by atoms with E-state index in [9.17, 15) is 0 Å². The van der Waals surface area contributed by atoms with Crippen molar-refractivity contribution >= 4 is 17.6 Å². The molecule has 0 aromatic heterocycles. The van der Waals surface area contributed by atoms with Gasteiger partial charge in [-0.15, -0.1) is 0 Å². The van der Waals surface area contributed by atoms with Crippen LogP contribution in [0.25, 0.3) is 0 Å². The molecule has 4 heterocycles. The Bertz CT molecular complexity index is 1370. The predicted molar refractivity (Wildman–Crippen MR) is 164 cm³/mol. The van der Waals surface area contributed by atoms with E-state index < -0.39 is 0 Å². The lowest BCUT2D eigenvalue weighted by Crippen LogP contribution is -2.48. The molecule has 7 rings (SSSR count). The fraction of sp³-hybridized carbons (Fsp3) is 0.486. The zero-order chi connectivity index (χ0) is 26.6. The van der Waals surface area contributed by atoms with Gasteiger partial charge in [-0.1, -0.05) is 50.3 Å². The largest absolute Gasteiger partial charge is 0.367 e. The molecule has 1 aromatic carbocycles. The second-order valence-corrected chi connectivity index (χ2v) is 12.4. The topological polar surface area (TPSA) is 31.2 Å². The molecule has 202 valence electrons. The van der Waals surface area contributed by atoms with E-state index in [-0.39, 0.29) is 5.54 Å². The Balaban J connectivity index is 1.28. The van der Waals surface area contributed by atoms with Gasteiger partial charge in [0.1, 0.15) is 5.54 Å². The van der Waals surface area contributed by atoms with Crippen LogP contribution in [0.2, 0.25) is 0 Å². The Morgan fingerprint density at radius 1 is 1.08 bits per heavy atom. The fourth-order valence-electron chi connectivity index (χ4n) is 8.05. The number of likely N-dealkylation sites (tertiary alicyclic amines) is 1. The van der Waals surface area contributed by atoms with E-state index in [1.165, 1.54) is 53.2 Å². The molecule has 2 aliphatic carbocycles. The molecule has 0 bridgehead atoms. The van der Waals surface area contributed by atoms with Crippen LogP contribution in [0.1, 0.15) is 75.8 Å². The third-order valence-corrected chi connectivity index (χ3v) is 10.2. The van der Waals surface area contributed by atoms with Gasteiger partial charge in [-0.2, -0.15) is 0 Å². The summed E-state index contributed by atoms with van der Waals surface area (Å²) in [6, 6.07) is 8.06. The number of rotatable bonds is 3. The minimum atomic E-state index is -0.324. The first-order chi connectivity index (χ1) is 19.1.